The number of hydrogen-bond donors (Lipinski definition) is 1. The zero-order valence-corrected chi connectivity index (χ0v) is 13.4. The number of piperazine rings is 1. The molecule has 0 aliphatic carbocycles. The van der Waals surface area contributed by atoms with Crippen molar-refractivity contribution in [1.82, 2.24) is 20.1 Å². The van der Waals surface area contributed by atoms with E-state index in [0.717, 1.165) is 38.3 Å². The summed E-state index contributed by atoms with van der Waals surface area (Å²) in [6.45, 7) is 3.14. The minimum atomic E-state index is -4.76. The molecule has 9 heteroatoms. The summed E-state index contributed by atoms with van der Waals surface area (Å²) in [4.78, 5) is 8.65. The third-order valence-electron chi connectivity index (χ3n) is 4.57. The summed E-state index contributed by atoms with van der Waals surface area (Å²) in [6.07, 6.45) is -3.30. The van der Waals surface area contributed by atoms with Crippen molar-refractivity contribution >= 4 is 27.6 Å². The summed E-state index contributed by atoms with van der Waals surface area (Å²) >= 11 is 0. The zero-order valence-electron chi connectivity index (χ0n) is 13.4. The van der Waals surface area contributed by atoms with Crippen LogP contribution in [-0.4, -0.2) is 53.3 Å². The van der Waals surface area contributed by atoms with E-state index in [9.17, 15) is 17.6 Å². The second kappa shape index (κ2) is 5.55. The quantitative estimate of drug-likeness (QED) is 0.683. The van der Waals surface area contributed by atoms with E-state index < -0.39 is 17.6 Å². The highest BCUT2D eigenvalue weighted by Crippen LogP contribution is 2.37. The third kappa shape index (κ3) is 2.68. The molecule has 0 unspecified atom stereocenters. The number of H-pyrrole nitrogens is 1. The Hall–Kier alpha value is -2.42. The summed E-state index contributed by atoms with van der Waals surface area (Å²) < 4.78 is 53.0. The monoisotopic (exact) mass is 353 g/mol. The van der Waals surface area contributed by atoms with E-state index in [2.05, 4.69) is 20.1 Å². The van der Waals surface area contributed by atoms with Gasteiger partial charge in [0, 0.05) is 43.0 Å². The number of aromatic amines is 1. The summed E-state index contributed by atoms with van der Waals surface area (Å²) in [5.74, 6) is -0.730. The topological polar surface area (TPSA) is 48.1 Å². The van der Waals surface area contributed by atoms with Crippen LogP contribution < -0.4 is 4.90 Å². The molecule has 1 aliphatic heterocycles. The van der Waals surface area contributed by atoms with Crippen molar-refractivity contribution in [3.8, 4) is 0 Å². The Morgan fingerprint density at radius 3 is 2.48 bits per heavy atom. The molecule has 0 saturated carbocycles. The number of likely N-dealkylation sites (N-methyl/N-ethyl adjacent to an activating group) is 1. The van der Waals surface area contributed by atoms with Crippen LogP contribution in [0.25, 0.3) is 21.8 Å². The maximum absolute atomic E-state index is 14.0. The molecule has 0 atom stereocenters. The molecule has 0 spiro atoms. The first-order valence-electron chi connectivity index (χ1n) is 7.81. The Labute approximate surface area is 140 Å². The Morgan fingerprint density at radius 1 is 1.08 bits per heavy atom. The van der Waals surface area contributed by atoms with E-state index in [1.165, 1.54) is 6.20 Å². The highest BCUT2D eigenvalue weighted by Gasteiger charge is 2.35. The first-order valence-corrected chi connectivity index (χ1v) is 7.81. The van der Waals surface area contributed by atoms with E-state index in [-0.39, 0.29) is 10.9 Å². The SMILES string of the molecule is CN1CCN(c2nc3cc(F)c(C(F)(F)F)cc3c3cn[nH]c23)CC1. The van der Waals surface area contributed by atoms with E-state index >= 15 is 0 Å². The van der Waals surface area contributed by atoms with Crippen molar-refractivity contribution in [2.75, 3.05) is 38.1 Å². The number of fused-ring (bicyclic) bond motifs is 3. The molecule has 1 fully saturated rings. The molecular formula is C16H15F4N5. The van der Waals surface area contributed by atoms with Crippen LogP contribution in [0.5, 0.6) is 0 Å². The fraction of sp³-hybridized carbons (Fsp3) is 0.375. The minimum absolute atomic E-state index is 0.188. The molecule has 1 aliphatic rings. The average molecular weight is 353 g/mol. The van der Waals surface area contributed by atoms with Gasteiger partial charge < -0.3 is 9.80 Å². The smallest absolute Gasteiger partial charge is 0.352 e. The second-order valence-corrected chi connectivity index (χ2v) is 6.23. The maximum Gasteiger partial charge on any atom is 0.419 e. The van der Waals surface area contributed by atoms with Gasteiger partial charge in [0.2, 0.25) is 0 Å². The first-order chi connectivity index (χ1) is 11.8. The van der Waals surface area contributed by atoms with Gasteiger partial charge >= 0.3 is 6.18 Å². The number of hydrogen-bond acceptors (Lipinski definition) is 4. The lowest BCUT2D eigenvalue weighted by Gasteiger charge is -2.33. The molecule has 1 aromatic carbocycles. The van der Waals surface area contributed by atoms with Gasteiger partial charge in [-0.3, -0.25) is 5.10 Å². The van der Waals surface area contributed by atoms with Gasteiger partial charge in [-0.15, -0.1) is 0 Å². The van der Waals surface area contributed by atoms with Crippen molar-refractivity contribution in [1.29, 1.82) is 0 Å². The number of halogens is 4. The Morgan fingerprint density at radius 2 is 1.80 bits per heavy atom. The van der Waals surface area contributed by atoms with Crippen molar-refractivity contribution in [3.63, 3.8) is 0 Å². The minimum Gasteiger partial charge on any atom is -0.352 e. The molecular weight excluding hydrogens is 338 g/mol. The molecule has 4 rings (SSSR count). The highest BCUT2D eigenvalue weighted by molar-refractivity contribution is 6.08. The molecule has 25 heavy (non-hydrogen) atoms. The van der Waals surface area contributed by atoms with Crippen molar-refractivity contribution < 1.29 is 17.6 Å². The number of nitrogens with zero attached hydrogens (tertiary/aromatic N) is 4. The number of rotatable bonds is 1. The standard InChI is InChI=1S/C16H15F4N5/c1-24-2-4-25(5-3-24)15-14-10(8-21-23-14)9-6-11(16(18,19)20)12(17)7-13(9)22-15/h6-8H,2-5H2,1H3,(H,21,23). The van der Waals surface area contributed by atoms with E-state index in [1.807, 2.05) is 11.9 Å². The first kappa shape index (κ1) is 16.1. The number of anilines is 1. The van der Waals surface area contributed by atoms with Gasteiger partial charge in [-0.25, -0.2) is 9.37 Å². The summed E-state index contributed by atoms with van der Waals surface area (Å²) in [6, 6.07) is 1.66. The molecule has 132 valence electrons. The van der Waals surface area contributed by atoms with E-state index in [0.29, 0.717) is 16.7 Å². The molecule has 0 amide bonds. The lowest BCUT2D eigenvalue weighted by Crippen LogP contribution is -2.44. The van der Waals surface area contributed by atoms with Crippen molar-refractivity contribution in [3.05, 3.63) is 29.7 Å². The van der Waals surface area contributed by atoms with Crippen molar-refractivity contribution in [2.45, 2.75) is 6.18 Å². The summed E-state index contributed by atoms with van der Waals surface area (Å²) in [5, 5.41) is 7.51. The van der Waals surface area contributed by atoms with Gasteiger partial charge in [-0.1, -0.05) is 0 Å². The predicted molar refractivity (Wildman–Crippen MR) is 86.1 cm³/mol. The lowest BCUT2D eigenvalue weighted by molar-refractivity contribution is -0.139. The van der Waals surface area contributed by atoms with Crippen molar-refractivity contribution in [2.24, 2.45) is 0 Å². The number of alkyl halides is 3. The van der Waals surface area contributed by atoms with Crippen LogP contribution in [0, 0.1) is 5.82 Å². The maximum atomic E-state index is 14.0. The number of aromatic nitrogens is 3. The normalized spacial score (nSPS) is 16.9. The van der Waals surface area contributed by atoms with Crippen LogP contribution >= 0.6 is 0 Å². The van der Waals surface area contributed by atoms with Gasteiger partial charge in [0.15, 0.2) is 5.82 Å². The van der Waals surface area contributed by atoms with Crippen LogP contribution in [0.3, 0.4) is 0 Å². The van der Waals surface area contributed by atoms with Crippen LogP contribution in [0.1, 0.15) is 5.56 Å². The third-order valence-corrected chi connectivity index (χ3v) is 4.57. The largest absolute Gasteiger partial charge is 0.419 e. The molecule has 3 heterocycles. The molecule has 5 nitrogen and oxygen atoms in total. The fourth-order valence-electron chi connectivity index (χ4n) is 3.17. The second-order valence-electron chi connectivity index (χ2n) is 6.23. The number of nitrogens with one attached hydrogen (secondary N) is 1. The van der Waals surface area contributed by atoms with Gasteiger partial charge in [0.1, 0.15) is 11.3 Å². The number of pyridine rings is 1. The molecule has 3 aromatic rings. The van der Waals surface area contributed by atoms with Crippen LogP contribution in [0.2, 0.25) is 0 Å². The lowest BCUT2D eigenvalue weighted by atomic mass is 10.1. The fourth-order valence-corrected chi connectivity index (χ4v) is 3.17. The van der Waals surface area contributed by atoms with Crippen LogP contribution in [0.4, 0.5) is 23.4 Å². The van der Waals surface area contributed by atoms with Crippen LogP contribution in [-0.2, 0) is 6.18 Å². The van der Waals surface area contributed by atoms with E-state index in [4.69, 9.17) is 0 Å². The van der Waals surface area contributed by atoms with Gasteiger partial charge in [-0.2, -0.15) is 18.3 Å². The predicted octanol–water partition coefficient (Wildman–Crippen LogP) is 3.02. The van der Waals surface area contributed by atoms with Crippen LogP contribution in [0.15, 0.2) is 18.3 Å². The Bertz CT molecular complexity index is 941. The average Bonchev–Trinajstić information content (AvgIpc) is 3.03. The van der Waals surface area contributed by atoms with Gasteiger partial charge in [0.25, 0.3) is 0 Å². The molecule has 1 saturated heterocycles. The zero-order chi connectivity index (χ0) is 17.8. The summed E-state index contributed by atoms with van der Waals surface area (Å²) in [7, 11) is 2.02. The molecule has 0 bridgehead atoms. The molecule has 1 N–H and O–H groups in total. The van der Waals surface area contributed by atoms with E-state index in [1.54, 1.807) is 0 Å². The molecule has 2 aromatic heterocycles. The Kier molecular flexibility index (Phi) is 3.57. The Balaban J connectivity index is 1.93. The van der Waals surface area contributed by atoms with Gasteiger partial charge in [-0.05, 0) is 13.1 Å². The molecule has 0 radical (unpaired) electrons. The van der Waals surface area contributed by atoms with Gasteiger partial charge in [0.05, 0.1) is 17.3 Å². The number of benzene rings is 1. The summed E-state index contributed by atoms with van der Waals surface area (Å²) in [5.41, 5.74) is -0.540. The highest BCUT2D eigenvalue weighted by atomic mass is 19.4.